The molecule has 0 saturated carbocycles. The van der Waals surface area contributed by atoms with Gasteiger partial charge in [0.25, 0.3) is 5.91 Å². The largest absolute Gasteiger partial charge is 0.573 e. The molecule has 1 saturated heterocycles. The molecule has 2 rings (SSSR count). The third-order valence-corrected chi connectivity index (χ3v) is 3.96. The molecule has 0 spiro atoms. The minimum Gasteiger partial charge on any atom is -0.406 e. The fourth-order valence-corrected chi connectivity index (χ4v) is 2.70. The molecule has 1 atom stereocenters. The van der Waals surface area contributed by atoms with Crippen molar-refractivity contribution in [2.45, 2.75) is 26.6 Å². The molecule has 8 heteroatoms. The number of hydrogen-bond donors (Lipinski definition) is 1. The first-order valence-electron chi connectivity index (χ1n) is 7.58. The number of benzene rings is 1. The molecular formula is C16H19F3N2O3. The van der Waals surface area contributed by atoms with Gasteiger partial charge in [-0.2, -0.15) is 0 Å². The molecule has 0 aromatic heterocycles. The van der Waals surface area contributed by atoms with E-state index in [-0.39, 0.29) is 18.0 Å². The molecule has 5 nitrogen and oxygen atoms in total. The molecule has 132 valence electrons. The number of rotatable bonds is 4. The molecule has 1 unspecified atom stereocenters. The van der Waals surface area contributed by atoms with Gasteiger partial charge in [-0.3, -0.25) is 9.59 Å². The van der Waals surface area contributed by atoms with Crippen molar-refractivity contribution in [3.63, 3.8) is 0 Å². The average Bonchev–Trinajstić information content (AvgIpc) is 2.89. The molecule has 1 fully saturated rings. The highest BCUT2D eigenvalue weighted by molar-refractivity contribution is 5.95. The summed E-state index contributed by atoms with van der Waals surface area (Å²) in [5, 5.41) is 2.74. The summed E-state index contributed by atoms with van der Waals surface area (Å²) in [6.07, 6.45) is -4.31. The van der Waals surface area contributed by atoms with Crippen molar-refractivity contribution in [2.75, 3.05) is 19.6 Å². The van der Waals surface area contributed by atoms with Crippen LogP contribution >= 0.6 is 0 Å². The van der Waals surface area contributed by atoms with Crippen LogP contribution in [0.3, 0.4) is 0 Å². The Morgan fingerprint density at radius 1 is 1.38 bits per heavy atom. The summed E-state index contributed by atoms with van der Waals surface area (Å²) < 4.78 is 40.7. The van der Waals surface area contributed by atoms with E-state index < -0.39 is 23.4 Å². The molecule has 2 amide bonds. The van der Waals surface area contributed by atoms with E-state index in [1.165, 1.54) is 17.0 Å². The minimum atomic E-state index is -4.81. The van der Waals surface area contributed by atoms with Crippen LogP contribution in [-0.4, -0.2) is 42.7 Å². The Morgan fingerprint density at radius 3 is 2.71 bits per heavy atom. The van der Waals surface area contributed by atoms with Gasteiger partial charge in [-0.05, 0) is 38.5 Å². The van der Waals surface area contributed by atoms with E-state index in [0.29, 0.717) is 19.5 Å². The van der Waals surface area contributed by atoms with Gasteiger partial charge >= 0.3 is 6.36 Å². The normalized spacial score (nSPS) is 20.8. The maximum atomic E-state index is 12.5. The van der Waals surface area contributed by atoms with Crippen LogP contribution in [0.2, 0.25) is 0 Å². The molecule has 1 heterocycles. The Morgan fingerprint density at radius 2 is 2.08 bits per heavy atom. The number of halogens is 3. The number of hydrogen-bond acceptors (Lipinski definition) is 3. The Hall–Kier alpha value is -2.25. The lowest BCUT2D eigenvalue weighted by molar-refractivity contribution is -0.274. The molecule has 0 bridgehead atoms. The van der Waals surface area contributed by atoms with E-state index in [9.17, 15) is 22.8 Å². The van der Waals surface area contributed by atoms with Crippen LogP contribution in [0.4, 0.5) is 13.2 Å². The monoisotopic (exact) mass is 344 g/mol. The first kappa shape index (κ1) is 18.1. The molecule has 1 aliphatic rings. The molecule has 24 heavy (non-hydrogen) atoms. The quantitative estimate of drug-likeness (QED) is 0.913. The summed E-state index contributed by atoms with van der Waals surface area (Å²) in [5.41, 5.74) is -0.594. The maximum absolute atomic E-state index is 12.5. The third kappa shape index (κ3) is 4.18. The van der Waals surface area contributed by atoms with Gasteiger partial charge in [0, 0.05) is 25.2 Å². The third-order valence-electron chi connectivity index (χ3n) is 3.96. The summed E-state index contributed by atoms with van der Waals surface area (Å²) in [4.78, 5) is 26.1. The molecule has 0 aliphatic carbocycles. The average molecular weight is 344 g/mol. The lowest BCUT2D eigenvalue weighted by Crippen LogP contribution is -2.41. The van der Waals surface area contributed by atoms with Crippen LogP contribution in [0.1, 0.15) is 30.6 Å². The van der Waals surface area contributed by atoms with Crippen LogP contribution in [0, 0.1) is 5.41 Å². The number of ether oxygens (including phenoxy) is 1. The van der Waals surface area contributed by atoms with Gasteiger partial charge < -0.3 is 15.0 Å². The van der Waals surface area contributed by atoms with Crippen molar-refractivity contribution in [3.05, 3.63) is 29.8 Å². The van der Waals surface area contributed by atoms with Crippen molar-refractivity contribution in [1.29, 1.82) is 0 Å². The van der Waals surface area contributed by atoms with Crippen molar-refractivity contribution in [1.82, 2.24) is 10.2 Å². The molecule has 1 aliphatic heterocycles. The van der Waals surface area contributed by atoms with E-state index in [0.717, 1.165) is 12.1 Å². The molecule has 1 aromatic rings. The van der Waals surface area contributed by atoms with Crippen LogP contribution in [0.5, 0.6) is 5.75 Å². The Balaban J connectivity index is 2.10. The number of carbonyl (C=O) groups is 2. The summed E-state index contributed by atoms with van der Waals surface area (Å²) in [7, 11) is 0. The number of amides is 2. The van der Waals surface area contributed by atoms with Gasteiger partial charge in [-0.1, -0.05) is 6.07 Å². The van der Waals surface area contributed by atoms with E-state index in [1.54, 1.807) is 6.92 Å². The second kappa shape index (κ2) is 6.70. The van der Waals surface area contributed by atoms with Crippen molar-refractivity contribution in [3.8, 4) is 5.75 Å². The predicted molar refractivity (Wildman–Crippen MR) is 80.4 cm³/mol. The Bertz CT molecular complexity index is 633. The summed E-state index contributed by atoms with van der Waals surface area (Å²) >= 11 is 0. The molecule has 1 aromatic carbocycles. The number of alkyl halides is 3. The topological polar surface area (TPSA) is 58.6 Å². The zero-order chi connectivity index (χ0) is 18.0. The predicted octanol–water partition coefficient (Wildman–Crippen LogP) is 2.57. The van der Waals surface area contributed by atoms with E-state index >= 15 is 0 Å². The fraction of sp³-hybridized carbons (Fsp3) is 0.500. The van der Waals surface area contributed by atoms with Gasteiger partial charge in [0.1, 0.15) is 5.75 Å². The molecule has 0 radical (unpaired) electrons. The van der Waals surface area contributed by atoms with E-state index in [2.05, 4.69) is 10.1 Å². The van der Waals surface area contributed by atoms with Gasteiger partial charge in [0.05, 0.1) is 5.41 Å². The zero-order valence-corrected chi connectivity index (χ0v) is 13.4. The van der Waals surface area contributed by atoms with Crippen LogP contribution in [-0.2, 0) is 4.79 Å². The number of carbonyl (C=O) groups excluding carboxylic acids is 2. The first-order valence-corrected chi connectivity index (χ1v) is 7.58. The highest BCUT2D eigenvalue weighted by Crippen LogP contribution is 2.31. The van der Waals surface area contributed by atoms with Gasteiger partial charge in [-0.25, -0.2) is 0 Å². The van der Waals surface area contributed by atoms with E-state index in [4.69, 9.17) is 0 Å². The van der Waals surface area contributed by atoms with Gasteiger partial charge in [0.2, 0.25) is 5.91 Å². The zero-order valence-electron chi connectivity index (χ0n) is 13.4. The Kier molecular flexibility index (Phi) is 5.05. The van der Waals surface area contributed by atoms with Crippen LogP contribution in [0.25, 0.3) is 0 Å². The summed E-state index contributed by atoms with van der Waals surface area (Å²) in [5.74, 6) is -0.996. The Labute approximate surface area is 137 Å². The molecule has 1 N–H and O–H groups in total. The second-order valence-electron chi connectivity index (χ2n) is 5.97. The lowest BCUT2D eigenvalue weighted by Gasteiger charge is -2.23. The van der Waals surface area contributed by atoms with Crippen molar-refractivity contribution in [2.24, 2.45) is 5.41 Å². The fourth-order valence-electron chi connectivity index (χ4n) is 2.70. The molecular weight excluding hydrogens is 325 g/mol. The highest BCUT2D eigenvalue weighted by Gasteiger charge is 2.42. The highest BCUT2D eigenvalue weighted by atomic mass is 19.4. The minimum absolute atomic E-state index is 0.0944. The van der Waals surface area contributed by atoms with Crippen molar-refractivity contribution >= 4 is 11.8 Å². The van der Waals surface area contributed by atoms with Gasteiger partial charge in [0.15, 0.2) is 0 Å². The SMILES string of the molecule is CCNC(=O)C1(C)CCN(C(=O)c2cccc(OC(F)(F)F)c2)C1. The van der Waals surface area contributed by atoms with Crippen molar-refractivity contribution < 1.29 is 27.5 Å². The van der Waals surface area contributed by atoms with Crippen LogP contribution < -0.4 is 10.1 Å². The van der Waals surface area contributed by atoms with Crippen LogP contribution in [0.15, 0.2) is 24.3 Å². The number of nitrogens with one attached hydrogen (secondary N) is 1. The summed E-state index contributed by atoms with van der Waals surface area (Å²) in [6, 6.07) is 4.94. The number of nitrogens with zero attached hydrogens (tertiary/aromatic N) is 1. The first-order chi connectivity index (χ1) is 11.1. The standard InChI is InChI=1S/C16H19F3N2O3/c1-3-20-14(23)15(2)7-8-21(10-15)13(22)11-5-4-6-12(9-11)24-16(17,18)19/h4-6,9H,3,7-8,10H2,1-2H3,(H,20,23). The lowest BCUT2D eigenvalue weighted by atomic mass is 9.89. The number of likely N-dealkylation sites (tertiary alicyclic amines) is 1. The van der Waals surface area contributed by atoms with Gasteiger partial charge in [-0.15, -0.1) is 13.2 Å². The van der Waals surface area contributed by atoms with E-state index in [1.807, 2.05) is 6.92 Å². The summed E-state index contributed by atoms with van der Waals surface area (Å²) in [6.45, 7) is 4.68. The smallest absolute Gasteiger partial charge is 0.406 e. The maximum Gasteiger partial charge on any atom is 0.573 e. The second-order valence-corrected chi connectivity index (χ2v) is 5.97.